The van der Waals surface area contributed by atoms with E-state index in [1.807, 2.05) is 24.0 Å². The standard InChI is InChI=1S/C36H41F3N6O3/c1-2-24-21-45(22-27-17-28(19-41-34(24)27)48-32-7-8-40-35-29(32)18-31(42-35)25-5-6-25)33(47)16-23-3-4-26(30(15-23)36(37,38)39)20-44-11-9-43(10-12-44)13-14-46/h3-4,7-8,15,17-19,24-25,46H,2,5-6,9-14,16,20-22H2,1H3,(H,40,42)/t24-/m1/s1. The molecule has 1 amide bonds. The predicted molar refractivity (Wildman–Crippen MR) is 175 cm³/mol. The maximum Gasteiger partial charge on any atom is 0.416 e. The van der Waals surface area contributed by atoms with Gasteiger partial charge in [-0.05, 0) is 66.1 Å². The van der Waals surface area contributed by atoms with Gasteiger partial charge in [-0.2, -0.15) is 13.2 Å². The molecular formula is C36H41F3N6O3. The van der Waals surface area contributed by atoms with Crippen molar-refractivity contribution < 1.29 is 27.8 Å². The SMILES string of the molecule is CC[C@@H]1CN(C(=O)Cc2ccc(CN3CCN(CCO)CC3)c(C(F)(F)F)c2)Cc2cc(Oc3ccnc4[nH]c(C5CC5)cc34)cnc21. The summed E-state index contributed by atoms with van der Waals surface area (Å²) >= 11 is 0. The van der Waals surface area contributed by atoms with Crippen LogP contribution in [0.1, 0.15) is 71.7 Å². The summed E-state index contributed by atoms with van der Waals surface area (Å²) in [7, 11) is 0. The molecule has 0 spiro atoms. The molecule has 48 heavy (non-hydrogen) atoms. The van der Waals surface area contributed by atoms with Crippen LogP contribution < -0.4 is 4.74 Å². The van der Waals surface area contributed by atoms with Crippen LogP contribution in [0.5, 0.6) is 11.5 Å². The van der Waals surface area contributed by atoms with Gasteiger partial charge in [0.05, 0.1) is 35.9 Å². The Morgan fingerprint density at radius 2 is 1.85 bits per heavy atom. The lowest BCUT2D eigenvalue weighted by Crippen LogP contribution is -2.46. The van der Waals surface area contributed by atoms with Crippen LogP contribution in [0.4, 0.5) is 13.2 Å². The minimum absolute atomic E-state index is 0.0103. The van der Waals surface area contributed by atoms with Crippen molar-refractivity contribution in [1.82, 2.24) is 29.7 Å². The second kappa shape index (κ2) is 13.5. The fourth-order valence-corrected chi connectivity index (χ4v) is 7.01. The number of benzene rings is 1. The molecule has 1 aromatic carbocycles. The summed E-state index contributed by atoms with van der Waals surface area (Å²) in [5.74, 6) is 1.57. The van der Waals surface area contributed by atoms with Crippen LogP contribution in [0, 0.1) is 0 Å². The third kappa shape index (κ3) is 7.06. The van der Waals surface area contributed by atoms with Crippen LogP contribution in [0.15, 0.2) is 48.8 Å². The van der Waals surface area contributed by atoms with E-state index in [-0.39, 0.29) is 37.0 Å². The Labute approximate surface area is 277 Å². The van der Waals surface area contributed by atoms with E-state index in [1.54, 1.807) is 23.4 Å². The second-order valence-corrected chi connectivity index (χ2v) is 13.3. The number of aliphatic hydroxyl groups excluding tert-OH is 1. The lowest BCUT2D eigenvalue weighted by atomic mass is 9.92. The van der Waals surface area contributed by atoms with Crippen molar-refractivity contribution in [2.24, 2.45) is 0 Å². The highest BCUT2D eigenvalue weighted by molar-refractivity contribution is 5.84. The van der Waals surface area contributed by atoms with Crippen LogP contribution in [0.2, 0.25) is 0 Å². The first-order chi connectivity index (χ1) is 23.2. The monoisotopic (exact) mass is 662 g/mol. The number of fused-ring (bicyclic) bond motifs is 2. The van der Waals surface area contributed by atoms with Gasteiger partial charge in [-0.1, -0.05) is 19.1 Å². The quantitative estimate of drug-likeness (QED) is 0.221. The third-order valence-corrected chi connectivity index (χ3v) is 9.88. The lowest BCUT2D eigenvalue weighted by Gasteiger charge is -2.35. The average molecular weight is 663 g/mol. The molecule has 2 N–H and O–H groups in total. The highest BCUT2D eigenvalue weighted by Crippen LogP contribution is 2.42. The Hall–Kier alpha value is -4.00. The third-order valence-electron chi connectivity index (χ3n) is 9.88. The van der Waals surface area contributed by atoms with Crippen molar-refractivity contribution in [3.8, 4) is 11.5 Å². The average Bonchev–Trinajstić information content (AvgIpc) is 3.83. The summed E-state index contributed by atoms with van der Waals surface area (Å²) in [6.45, 7) is 6.32. The molecule has 7 rings (SSSR count). The largest absolute Gasteiger partial charge is 0.455 e. The van der Waals surface area contributed by atoms with E-state index in [1.165, 1.54) is 24.6 Å². The maximum atomic E-state index is 14.2. The molecule has 0 radical (unpaired) electrons. The molecule has 9 nitrogen and oxygen atoms in total. The Bertz CT molecular complexity index is 1780. The first-order valence-electron chi connectivity index (χ1n) is 16.8. The minimum Gasteiger partial charge on any atom is -0.455 e. The molecule has 1 atom stereocenters. The number of nitrogens with zero attached hydrogens (tertiary/aromatic N) is 5. The first kappa shape index (κ1) is 32.5. The molecule has 0 unspecified atom stereocenters. The van der Waals surface area contributed by atoms with E-state index in [2.05, 4.69) is 20.9 Å². The summed E-state index contributed by atoms with van der Waals surface area (Å²) in [5, 5.41) is 10.1. The fraction of sp³-hybridized carbons (Fsp3) is 0.472. The van der Waals surface area contributed by atoms with Crippen molar-refractivity contribution in [3.63, 3.8) is 0 Å². The van der Waals surface area contributed by atoms with Crippen molar-refractivity contribution in [2.45, 2.75) is 63.7 Å². The molecule has 254 valence electrons. The molecule has 1 saturated heterocycles. The van der Waals surface area contributed by atoms with Gasteiger partial charge >= 0.3 is 6.18 Å². The number of rotatable bonds is 10. The molecule has 3 aromatic heterocycles. The second-order valence-electron chi connectivity index (χ2n) is 13.3. The number of β-amino-alcohol motifs (C(OH)–C–C–N with tert-alkyl or cyclic N) is 1. The molecule has 4 aromatic rings. The van der Waals surface area contributed by atoms with Gasteiger partial charge < -0.3 is 19.7 Å². The number of piperazine rings is 1. The van der Waals surface area contributed by atoms with Crippen molar-refractivity contribution in [2.75, 3.05) is 45.9 Å². The van der Waals surface area contributed by atoms with E-state index in [9.17, 15) is 23.1 Å². The Balaban J connectivity index is 1.05. The summed E-state index contributed by atoms with van der Waals surface area (Å²) in [6.07, 6.45) is 1.88. The van der Waals surface area contributed by atoms with Crippen molar-refractivity contribution in [3.05, 3.63) is 82.4 Å². The van der Waals surface area contributed by atoms with Gasteiger partial charge in [-0.15, -0.1) is 0 Å². The zero-order valence-electron chi connectivity index (χ0n) is 27.1. The number of hydrogen-bond acceptors (Lipinski definition) is 7. The molecule has 3 aliphatic rings. The summed E-state index contributed by atoms with van der Waals surface area (Å²) in [5.41, 5.74) is 3.61. The number of alkyl halides is 3. The number of amides is 1. The molecule has 1 aliphatic carbocycles. The number of carbonyl (C=O) groups is 1. The molecule has 0 bridgehead atoms. The molecular weight excluding hydrogens is 621 g/mol. The summed E-state index contributed by atoms with van der Waals surface area (Å²) in [6, 6.07) is 10.2. The number of hydrogen-bond donors (Lipinski definition) is 2. The van der Waals surface area contributed by atoms with Crippen LogP contribution in [-0.4, -0.2) is 86.5 Å². The van der Waals surface area contributed by atoms with Crippen LogP contribution in [-0.2, 0) is 30.5 Å². The zero-order valence-corrected chi connectivity index (χ0v) is 27.1. The molecule has 2 aliphatic heterocycles. The number of carbonyl (C=O) groups excluding carboxylic acids is 1. The normalized spacial score (nSPS) is 19.1. The predicted octanol–water partition coefficient (Wildman–Crippen LogP) is 5.83. The number of aliphatic hydroxyl groups is 1. The minimum atomic E-state index is -4.53. The highest BCUT2D eigenvalue weighted by atomic mass is 19.4. The number of aromatic nitrogens is 3. The number of H-pyrrole nitrogens is 1. The van der Waals surface area contributed by atoms with E-state index in [0.717, 1.165) is 34.8 Å². The molecule has 12 heteroatoms. The molecule has 5 heterocycles. The Kier molecular flexibility index (Phi) is 9.14. The number of aromatic amines is 1. The van der Waals surface area contributed by atoms with Gasteiger partial charge in [0, 0.05) is 70.2 Å². The van der Waals surface area contributed by atoms with Gasteiger partial charge in [0.2, 0.25) is 5.91 Å². The van der Waals surface area contributed by atoms with Crippen LogP contribution in [0.25, 0.3) is 11.0 Å². The first-order valence-corrected chi connectivity index (χ1v) is 16.8. The van der Waals surface area contributed by atoms with E-state index < -0.39 is 11.7 Å². The summed E-state index contributed by atoms with van der Waals surface area (Å²) < 4.78 is 49.0. The van der Waals surface area contributed by atoms with Gasteiger partial charge in [0.25, 0.3) is 0 Å². The van der Waals surface area contributed by atoms with Crippen molar-refractivity contribution in [1.29, 1.82) is 0 Å². The Morgan fingerprint density at radius 3 is 2.58 bits per heavy atom. The van der Waals surface area contributed by atoms with E-state index in [4.69, 9.17) is 9.72 Å². The van der Waals surface area contributed by atoms with Gasteiger partial charge in [0.1, 0.15) is 17.1 Å². The molecule has 2 fully saturated rings. The highest BCUT2D eigenvalue weighted by Gasteiger charge is 2.35. The van der Waals surface area contributed by atoms with Gasteiger partial charge in [-0.3, -0.25) is 19.6 Å². The Morgan fingerprint density at radius 1 is 1.06 bits per heavy atom. The van der Waals surface area contributed by atoms with Crippen molar-refractivity contribution >= 4 is 16.9 Å². The number of ether oxygens (including phenoxy) is 1. The lowest BCUT2D eigenvalue weighted by molar-refractivity contribution is -0.139. The van der Waals surface area contributed by atoms with Crippen LogP contribution in [0.3, 0.4) is 0 Å². The maximum absolute atomic E-state index is 14.2. The van der Waals surface area contributed by atoms with E-state index >= 15 is 0 Å². The van der Waals surface area contributed by atoms with Crippen LogP contribution >= 0.6 is 0 Å². The van der Waals surface area contributed by atoms with Gasteiger partial charge in [0.15, 0.2) is 0 Å². The smallest absolute Gasteiger partial charge is 0.416 e. The number of pyridine rings is 2. The number of nitrogens with one attached hydrogen (secondary N) is 1. The number of halogens is 3. The summed E-state index contributed by atoms with van der Waals surface area (Å²) in [4.78, 5) is 32.1. The zero-order chi connectivity index (χ0) is 33.4. The topological polar surface area (TPSA) is 97.8 Å². The molecule has 1 saturated carbocycles. The fourth-order valence-electron chi connectivity index (χ4n) is 7.01. The van der Waals surface area contributed by atoms with Gasteiger partial charge in [-0.25, -0.2) is 4.98 Å². The van der Waals surface area contributed by atoms with E-state index in [0.29, 0.717) is 68.8 Å².